The van der Waals surface area contributed by atoms with E-state index >= 15 is 0 Å². The number of halogens is 6. The van der Waals surface area contributed by atoms with Crippen LogP contribution in [-0.2, 0) is 11.0 Å². The maximum absolute atomic E-state index is 12.9. The molecule has 0 spiro atoms. The molecule has 0 aliphatic carbocycles. The number of carbonyl (C=O) groups excluding carboxylic acids is 1. The average molecular weight is 625 g/mol. The lowest BCUT2D eigenvalue weighted by Gasteiger charge is -2.09. The lowest BCUT2D eigenvalue weighted by atomic mass is 10.1. The van der Waals surface area contributed by atoms with Crippen LogP contribution in [0.1, 0.15) is 11.3 Å². The number of furan rings is 1. The van der Waals surface area contributed by atoms with Crippen LogP contribution in [0.15, 0.2) is 71.5 Å². The van der Waals surface area contributed by atoms with Crippen LogP contribution in [0.2, 0.25) is 0 Å². The Morgan fingerprint density at radius 2 is 1.81 bits per heavy atom. The van der Waals surface area contributed by atoms with E-state index in [0.29, 0.717) is 14.7 Å². The Bertz CT molecular complexity index is 1110. The first-order valence-electron chi connectivity index (χ1n) is 8.50. The molecule has 1 N–H and O–H groups in total. The van der Waals surface area contributed by atoms with E-state index in [-0.39, 0.29) is 23.7 Å². The lowest BCUT2D eigenvalue weighted by molar-refractivity contribution is -0.137. The van der Waals surface area contributed by atoms with Crippen molar-refractivity contribution < 1.29 is 27.1 Å². The van der Waals surface area contributed by atoms with E-state index in [2.05, 4.69) is 58.3 Å². The summed E-state index contributed by atoms with van der Waals surface area (Å²) < 4.78 is 51.7. The number of rotatable bonds is 6. The van der Waals surface area contributed by atoms with Crippen molar-refractivity contribution in [3.63, 3.8) is 0 Å². The van der Waals surface area contributed by atoms with Crippen molar-refractivity contribution in [2.24, 2.45) is 5.10 Å². The van der Waals surface area contributed by atoms with E-state index in [1.54, 1.807) is 12.1 Å². The molecule has 0 bridgehead atoms. The summed E-state index contributed by atoms with van der Waals surface area (Å²) in [6.45, 7) is -0.288. The van der Waals surface area contributed by atoms with Gasteiger partial charge in [-0.1, -0.05) is 28.1 Å². The van der Waals surface area contributed by atoms with Crippen molar-refractivity contribution in [2.45, 2.75) is 6.18 Å². The van der Waals surface area contributed by atoms with E-state index < -0.39 is 17.6 Å². The molecule has 0 fully saturated rings. The highest BCUT2D eigenvalue weighted by Crippen LogP contribution is 2.36. The quantitative estimate of drug-likeness (QED) is 0.243. The lowest BCUT2D eigenvalue weighted by Crippen LogP contribution is -2.24. The van der Waals surface area contributed by atoms with Crippen LogP contribution in [-0.4, -0.2) is 18.7 Å². The highest BCUT2D eigenvalue weighted by atomic mass is 79.9. The SMILES string of the molecule is O=C(COc1c(Br)cc(Br)cc1Br)N/N=C/c1ccc(-c2cccc(C(F)(F)F)c2)o1. The number of carbonyl (C=O) groups is 1. The van der Waals surface area contributed by atoms with Gasteiger partial charge in [-0.25, -0.2) is 5.43 Å². The number of ether oxygens (including phenoxy) is 1. The number of hydrogen-bond donors (Lipinski definition) is 1. The minimum atomic E-state index is -4.44. The first-order chi connectivity index (χ1) is 14.6. The van der Waals surface area contributed by atoms with Crippen molar-refractivity contribution >= 4 is 59.9 Å². The topological polar surface area (TPSA) is 63.8 Å². The molecule has 31 heavy (non-hydrogen) atoms. The van der Waals surface area contributed by atoms with E-state index in [9.17, 15) is 18.0 Å². The smallest absolute Gasteiger partial charge is 0.416 e. The van der Waals surface area contributed by atoms with Gasteiger partial charge in [-0.15, -0.1) is 0 Å². The molecule has 0 unspecified atom stereocenters. The molecule has 5 nitrogen and oxygen atoms in total. The van der Waals surface area contributed by atoms with Crippen LogP contribution in [0.5, 0.6) is 5.75 Å². The Hall–Kier alpha value is -2.11. The summed E-state index contributed by atoms with van der Waals surface area (Å²) in [5, 5.41) is 3.77. The third kappa shape index (κ3) is 6.44. The summed E-state index contributed by atoms with van der Waals surface area (Å²) in [5.41, 5.74) is 1.79. The Kier molecular flexibility index (Phi) is 7.60. The van der Waals surface area contributed by atoms with Gasteiger partial charge in [-0.2, -0.15) is 18.3 Å². The number of hydrogen-bond acceptors (Lipinski definition) is 4. The molecule has 0 aliphatic heterocycles. The Labute approximate surface area is 200 Å². The van der Waals surface area contributed by atoms with E-state index in [0.717, 1.165) is 16.6 Å². The third-order valence-electron chi connectivity index (χ3n) is 3.79. The van der Waals surface area contributed by atoms with Crippen LogP contribution in [0, 0.1) is 0 Å². The number of nitrogens with one attached hydrogen (secondary N) is 1. The molecule has 0 saturated carbocycles. The van der Waals surface area contributed by atoms with Gasteiger partial charge in [-0.05, 0) is 68.3 Å². The van der Waals surface area contributed by atoms with Crippen LogP contribution in [0.25, 0.3) is 11.3 Å². The second-order valence-corrected chi connectivity index (χ2v) is 8.69. The summed E-state index contributed by atoms with van der Waals surface area (Å²) in [6, 6.07) is 11.4. The fraction of sp³-hybridized carbons (Fsp3) is 0.100. The van der Waals surface area contributed by atoms with E-state index in [1.807, 2.05) is 0 Å². The first-order valence-corrected chi connectivity index (χ1v) is 10.9. The molecule has 162 valence electrons. The zero-order chi connectivity index (χ0) is 22.6. The normalized spacial score (nSPS) is 11.7. The summed E-state index contributed by atoms with van der Waals surface area (Å²) in [6.07, 6.45) is -3.21. The second kappa shape index (κ2) is 10.0. The van der Waals surface area contributed by atoms with Gasteiger partial charge >= 0.3 is 6.18 Å². The molecule has 0 aliphatic rings. The van der Waals surface area contributed by atoms with Gasteiger partial charge in [0.25, 0.3) is 5.91 Å². The monoisotopic (exact) mass is 622 g/mol. The number of hydrazone groups is 1. The predicted octanol–water partition coefficient (Wildman–Crippen LogP) is 6.78. The van der Waals surface area contributed by atoms with Gasteiger partial charge in [0, 0.05) is 10.0 Å². The molecule has 2 aromatic carbocycles. The standard InChI is InChI=1S/C20H12Br3F3N2O3/c21-13-7-15(22)19(16(23)8-13)30-10-18(29)28-27-9-14-4-5-17(31-14)11-2-1-3-12(6-11)20(24,25)26/h1-9H,10H2,(H,28,29)/b27-9+. The van der Waals surface area contributed by atoms with Crippen LogP contribution >= 0.6 is 47.8 Å². The summed E-state index contributed by atoms with van der Waals surface area (Å²) in [5.74, 6) is 0.445. The molecule has 3 rings (SSSR count). The zero-order valence-corrected chi connectivity index (χ0v) is 20.1. The highest BCUT2D eigenvalue weighted by molar-refractivity contribution is 9.11. The van der Waals surface area contributed by atoms with E-state index in [1.165, 1.54) is 30.5 Å². The summed E-state index contributed by atoms with van der Waals surface area (Å²) >= 11 is 10.0. The van der Waals surface area contributed by atoms with Crippen molar-refractivity contribution in [1.29, 1.82) is 0 Å². The van der Waals surface area contributed by atoms with Gasteiger partial charge < -0.3 is 9.15 Å². The second-order valence-electron chi connectivity index (χ2n) is 6.06. The number of amides is 1. The van der Waals surface area contributed by atoms with Crippen molar-refractivity contribution in [3.05, 3.63) is 73.3 Å². The zero-order valence-electron chi connectivity index (χ0n) is 15.3. The summed E-state index contributed by atoms with van der Waals surface area (Å²) in [7, 11) is 0. The van der Waals surface area contributed by atoms with Gasteiger partial charge in [0.05, 0.1) is 20.7 Å². The molecule has 1 amide bonds. The minimum Gasteiger partial charge on any atom is -0.481 e. The van der Waals surface area contributed by atoms with Crippen LogP contribution < -0.4 is 10.2 Å². The Morgan fingerprint density at radius 1 is 1.10 bits per heavy atom. The Balaban J connectivity index is 1.58. The fourth-order valence-electron chi connectivity index (χ4n) is 2.43. The van der Waals surface area contributed by atoms with Gasteiger partial charge in [0.1, 0.15) is 17.3 Å². The minimum absolute atomic E-state index is 0.243. The van der Waals surface area contributed by atoms with Gasteiger partial charge in [0.2, 0.25) is 0 Å². The fourth-order valence-corrected chi connectivity index (χ4v) is 4.92. The van der Waals surface area contributed by atoms with Crippen molar-refractivity contribution in [3.8, 4) is 17.1 Å². The number of benzene rings is 2. The number of nitrogens with zero attached hydrogens (tertiary/aromatic N) is 1. The van der Waals surface area contributed by atoms with Crippen LogP contribution in [0.4, 0.5) is 13.2 Å². The molecule has 3 aromatic rings. The molecule has 1 aromatic heterocycles. The van der Waals surface area contributed by atoms with Gasteiger partial charge in [-0.3, -0.25) is 4.79 Å². The van der Waals surface area contributed by atoms with Crippen molar-refractivity contribution in [1.82, 2.24) is 5.43 Å². The first kappa shape index (κ1) is 23.6. The Morgan fingerprint density at radius 3 is 2.48 bits per heavy atom. The average Bonchev–Trinajstić information content (AvgIpc) is 3.15. The van der Waals surface area contributed by atoms with Crippen LogP contribution in [0.3, 0.4) is 0 Å². The molecule has 11 heteroatoms. The third-order valence-corrected chi connectivity index (χ3v) is 5.43. The van der Waals surface area contributed by atoms with Crippen molar-refractivity contribution in [2.75, 3.05) is 6.61 Å². The molecule has 0 radical (unpaired) electrons. The molecular formula is C20H12Br3F3N2O3. The predicted molar refractivity (Wildman–Crippen MR) is 120 cm³/mol. The molecule has 0 saturated heterocycles. The molecule has 0 atom stereocenters. The highest BCUT2D eigenvalue weighted by Gasteiger charge is 2.30. The molecule has 1 heterocycles. The maximum Gasteiger partial charge on any atom is 0.416 e. The van der Waals surface area contributed by atoms with Gasteiger partial charge in [0.15, 0.2) is 6.61 Å². The van der Waals surface area contributed by atoms with E-state index in [4.69, 9.17) is 9.15 Å². The molecular weight excluding hydrogens is 613 g/mol. The summed E-state index contributed by atoms with van der Waals surface area (Å²) in [4.78, 5) is 11.9. The number of alkyl halides is 3. The maximum atomic E-state index is 12.9. The largest absolute Gasteiger partial charge is 0.481 e.